The predicted octanol–water partition coefficient (Wildman–Crippen LogP) is 4.06. The second-order valence-electron chi connectivity index (χ2n) is 8.91. The van der Waals surface area contributed by atoms with E-state index in [2.05, 4.69) is 15.3 Å². The average molecular weight is 513 g/mol. The number of aromatic amines is 2. The highest BCUT2D eigenvalue weighted by Crippen LogP contribution is 2.47. The molecule has 2 atom stereocenters. The smallest absolute Gasteiger partial charge is 0.416 e. The van der Waals surface area contributed by atoms with Gasteiger partial charge >= 0.3 is 11.9 Å². The van der Waals surface area contributed by atoms with Crippen molar-refractivity contribution in [3.63, 3.8) is 0 Å². The Hall–Kier alpha value is -4.28. The molecule has 37 heavy (non-hydrogen) atoms. The number of benzene rings is 2. The fourth-order valence-corrected chi connectivity index (χ4v) is 5.09. The summed E-state index contributed by atoms with van der Waals surface area (Å²) in [5.74, 6) is -0.298. The molecule has 1 aliphatic heterocycles. The number of rotatable bonds is 4. The summed E-state index contributed by atoms with van der Waals surface area (Å²) in [6, 6.07) is 9.71. The van der Waals surface area contributed by atoms with Crippen molar-refractivity contribution in [3.8, 4) is 11.5 Å². The van der Waals surface area contributed by atoms with Gasteiger partial charge in [-0.15, -0.1) is 0 Å². The number of fused-ring (bicyclic) bond motifs is 1. The molecule has 0 saturated heterocycles. The number of ether oxygens (including phenoxy) is 2. The molecule has 2 aromatic carbocycles. The Morgan fingerprint density at radius 1 is 0.865 bits per heavy atom. The van der Waals surface area contributed by atoms with E-state index >= 15 is 0 Å². The van der Waals surface area contributed by atoms with E-state index < -0.39 is 28.9 Å². The lowest BCUT2D eigenvalue weighted by atomic mass is 9.72. The standard InChI is InChI=1S/C26H22F3N3O5/c1-36-18-8-5-13(11-19(18)37-2)14-9-16-21(17(33)10-14)20(12-3-6-15(7-4-12)26(27,28)29)22-23(30-16)31-25(35)32-24(22)34/h3-8,11,14,20H,9-10H2,1-2H3,(H3,30,31,32,34,35). The summed E-state index contributed by atoms with van der Waals surface area (Å²) in [6.45, 7) is 0. The SMILES string of the molecule is COc1ccc(C2CC(=O)C3=C(C2)Nc2[nH]c(=O)[nH]c(=O)c2C3c2ccc(C(F)(F)F)cc2)cc1OC. The number of aromatic nitrogens is 2. The van der Waals surface area contributed by atoms with Gasteiger partial charge in [0.1, 0.15) is 5.82 Å². The molecule has 5 rings (SSSR count). The van der Waals surface area contributed by atoms with Crippen molar-refractivity contribution in [2.75, 3.05) is 19.5 Å². The van der Waals surface area contributed by atoms with E-state index in [0.29, 0.717) is 34.8 Å². The van der Waals surface area contributed by atoms with E-state index in [4.69, 9.17) is 9.47 Å². The molecule has 1 aromatic heterocycles. The molecule has 0 fully saturated rings. The lowest BCUT2D eigenvalue weighted by Crippen LogP contribution is -2.37. The van der Waals surface area contributed by atoms with Crippen LogP contribution in [0.5, 0.6) is 11.5 Å². The average Bonchev–Trinajstić information content (AvgIpc) is 2.86. The summed E-state index contributed by atoms with van der Waals surface area (Å²) in [7, 11) is 3.03. The lowest BCUT2D eigenvalue weighted by molar-refractivity contribution is -0.137. The van der Waals surface area contributed by atoms with Crippen molar-refractivity contribution in [3.05, 3.63) is 96.8 Å². The number of hydrogen-bond donors (Lipinski definition) is 3. The molecule has 11 heteroatoms. The number of H-pyrrole nitrogens is 2. The van der Waals surface area contributed by atoms with Gasteiger partial charge in [0.05, 0.1) is 25.3 Å². The number of Topliss-reactive ketones (excluding diaryl/α,β-unsaturated/α-hetero) is 1. The van der Waals surface area contributed by atoms with E-state index in [0.717, 1.165) is 17.7 Å². The van der Waals surface area contributed by atoms with Crippen LogP contribution >= 0.6 is 0 Å². The highest BCUT2D eigenvalue weighted by molar-refractivity contribution is 6.01. The van der Waals surface area contributed by atoms with Crippen molar-refractivity contribution in [1.82, 2.24) is 9.97 Å². The molecule has 2 heterocycles. The van der Waals surface area contributed by atoms with Crippen LogP contribution in [0, 0.1) is 0 Å². The number of halogens is 3. The van der Waals surface area contributed by atoms with E-state index in [1.807, 2.05) is 6.07 Å². The first-order chi connectivity index (χ1) is 17.6. The molecular formula is C26H22F3N3O5. The number of methoxy groups -OCH3 is 2. The van der Waals surface area contributed by atoms with Gasteiger partial charge in [-0.2, -0.15) is 13.2 Å². The molecule has 3 aromatic rings. The first-order valence-corrected chi connectivity index (χ1v) is 11.4. The summed E-state index contributed by atoms with van der Waals surface area (Å²) >= 11 is 0. The number of nitrogens with one attached hydrogen (secondary N) is 3. The van der Waals surface area contributed by atoms with E-state index in [1.165, 1.54) is 26.4 Å². The van der Waals surface area contributed by atoms with Gasteiger partial charge in [-0.1, -0.05) is 18.2 Å². The van der Waals surface area contributed by atoms with Crippen LogP contribution in [0.25, 0.3) is 0 Å². The Morgan fingerprint density at radius 3 is 2.19 bits per heavy atom. The Morgan fingerprint density at radius 2 is 1.54 bits per heavy atom. The lowest BCUT2D eigenvalue weighted by Gasteiger charge is -2.35. The van der Waals surface area contributed by atoms with Crippen molar-refractivity contribution in [2.24, 2.45) is 0 Å². The zero-order valence-corrected chi connectivity index (χ0v) is 19.8. The molecule has 3 N–H and O–H groups in total. The Labute approximate surface area is 208 Å². The molecular weight excluding hydrogens is 491 g/mol. The fraction of sp³-hybridized carbons (Fsp3) is 0.269. The summed E-state index contributed by atoms with van der Waals surface area (Å²) in [4.78, 5) is 43.1. The van der Waals surface area contributed by atoms with Crippen LogP contribution in [-0.2, 0) is 11.0 Å². The maximum atomic E-state index is 13.6. The van der Waals surface area contributed by atoms with Crippen LogP contribution in [0.4, 0.5) is 19.0 Å². The van der Waals surface area contributed by atoms with Crippen molar-refractivity contribution in [2.45, 2.75) is 30.9 Å². The number of hydrogen-bond acceptors (Lipinski definition) is 6. The fourth-order valence-electron chi connectivity index (χ4n) is 5.09. The number of carbonyl (C=O) groups excluding carboxylic acids is 1. The third kappa shape index (κ3) is 4.30. The Kier molecular flexibility index (Phi) is 5.93. The summed E-state index contributed by atoms with van der Waals surface area (Å²) in [6.07, 6.45) is -4.06. The van der Waals surface area contributed by atoms with E-state index in [-0.39, 0.29) is 29.5 Å². The van der Waals surface area contributed by atoms with Gasteiger partial charge in [-0.05, 0) is 47.7 Å². The van der Waals surface area contributed by atoms with Crippen molar-refractivity contribution < 1.29 is 27.4 Å². The quantitative estimate of drug-likeness (QED) is 0.485. The van der Waals surface area contributed by atoms with E-state index in [1.54, 1.807) is 12.1 Å². The second-order valence-corrected chi connectivity index (χ2v) is 8.91. The third-order valence-electron chi connectivity index (χ3n) is 6.79. The van der Waals surface area contributed by atoms with Gasteiger partial charge in [0, 0.05) is 23.6 Å². The molecule has 0 radical (unpaired) electrons. The van der Waals surface area contributed by atoms with Crippen LogP contribution in [0.3, 0.4) is 0 Å². The number of ketones is 1. The zero-order valence-electron chi connectivity index (χ0n) is 19.8. The highest BCUT2D eigenvalue weighted by Gasteiger charge is 2.41. The largest absolute Gasteiger partial charge is 0.493 e. The molecule has 2 unspecified atom stereocenters. The van der Waals surface area contributed by atoms with Gasteiger partial charge in [0.15, 0.2) is 17.3 Å². The van der Waals surface area contributed by atoms with Crippen LogP contribution in [0.15, 0.2) is 63.3 Å². The van der Waals surface area contributed by atoms with Crippen LogP contribution in [-0.4, -0.2) is 30.0 Å². The third-order valence-corrected chi connectivity index (χ3v) is 6.79. The maximum absolute atomic E-state index is 13.6. The van der Waals surface area contributed by atoms with Crippen LogP contribution < -0.4 is 26.0 Å². The summed E-state index contributed by atoms with van der Waals surface area (Å²) in [5, 5.41) is 3.04. The minimum Gasteiger partial charge on any atom is -0.493 e. The second kappa shape index (κ2) is 8.99. The molecule has 192 valence electrons. The van der Waals surface area contributed by atoms with Crippen molar-refractivity contribution >= 4 is 11.6 Å². The molecule has 0 bridgehead atoms. The molecule has 1 aliphatic carbocycles. The van der Waals surface area contributed by atoms with Gasteiger partial charge in [0.2, 0.25) is 0 Å². The zero-order chi connectivity index (χ0) is 26.5. The number of anilines is 1. The van der Waals surface area contributed by atoms with Crippen LogP contribution in [0.2, 0.25) is 0 Å². The number of carbonyl (C=O) groups is 1. The maximum Gasteiger partial charge on any atom is 0.416 e. The van der Waals surface area contributed by atoms with Gasteiger partial charge in [0.25, 0.3) is 5.56 Å². The molecule has 2 aliphatic rings. The van der Waals surface area contributed by atoms with Crippen molar-refractivity contribution in [1.29, 1.82) is 0 Å². The summed E-state index contributed by atoms with van der Waals surface area (Å²) in [5.41, 5.74) is -0.303. The predicted molar refractivity (Wildman–Crippen MR) is 128 cm³/mol. The first-order valence-electron chi connectivity index (χ1n) is 11.4. The number of allylic oxidation sites excluding steroid dienone is 2. The normalized spacial score (nSPS) is 19.1. The summed E-state index contributed by atoms with van der Waals surface area (Å²) < 4.78 is 50.2. The van der Waals surface area contributed by atoms with Crippen LogP contribution in [0.1, 0.15) is 46.9 Å². The minimum atomic E-state index is -4.54. The monoisotopic (exact) mass is 513 g/mol. The molecule has 0 amide bonds. The first kappa shape index (κ1) is 24.4. The number of alkyl halides is 3. The highest BCUT2D eigenvalue weighted by atomic mass is 19.4. The molecule has 0 spiro atoms. The Balaban J connectivity index is 1.62. The topological polar surface area (TPSA) is 113 Å². The molecule has 0 saturated carbocycles. The van der Waals surface area contributed by atoms with Gasteiger partial charge < -0.3 is 14.8 Å². The van der Waals surface area contributed by atoms with E-state index in [9.17, 15) is 27.6 Å². The Bertz CT molecular complexity index is 1540. The van der Waals surface area contributed by atoms with Gasteiger partial charge in [-0.3, -0.25) is 19.6 Å². The van der Waals surface area contributed by atoms with Gasteiger partial charge in [-0.25, -0.2) is 4.79 Å². The minimum absolute atomic E-state index is 0.0658. The molecule has 8 nitrogen and oxygen atoms in total.